The molecule has 3 aromatic heterocycles. The molecule has 0 aliphatic carbocycles. The van der Waals surface area contributed by atoms with E-state index >= 15 is 0 Å². The van der Waals surface area contributed by atoms with Gasteiger partial charge in [-0.2, -0.15) is 0 Å². The lowest BCUT2D eigenvalue weighted by atomic mass is 10.1. The van der Waals surface area contributed by atoms with Crippen molar-refractivity contribution < 1.29 is 4.42 Å². The maximum Gasteiger partial charge on any atom is 0.327 e. The average molecular weight is 414 g/mol. The van der Waals surface area contributed by atoms with Gasteiger partial charge in [-0.25, -0.2) is 0 Å². The molecular formula is C27H18N4O. The minimum absolute atomic E-state index is 0.486. The summed E-state index contributed by atoms with van der Waals surface area (Å²) in [6.07, 6.45) is 0. The van der Waals surface area contributed by atoms with Gasteiger partial charge in [0.2, 0.25) is 5.89 Å². The topological polar surface area (TPSA) is 48.8 Å². The Hall–Kier alpha value is -4.38. The summed E-state index contributed by atoms with van der Waals surface area (Å²) in [5.41, 5.74) is 5.61. The lowest BCUT2D eigenvalue weighted by Crippen LogP contribution is -1.94. The molecule has 0 unspecified atom stereocenters. The van der Waals surface area contributed by atoms with Gasteiger partial charge in [-0.05, 0) is 36.4 Å². The fraction of sp³-hybridized carbons (Fsp3) is 0.0370. The van der Waals surface area contributed by atoms with E-state index in [4.69, 9.17) is 4.42 Å². The Morgan fingerprint density at radius 2 is 1.12 bits per heavy atom. The lowest BCUT2D eigenvalue weighted by Gasteiger charge is -2.07. The number of nitrogens with zero attached hydrogens (tertiary/aromatic N) is 4. The minimum Gasteiger partial charge on any atom is -0.408 e. The van der Waals surface area contributed by atoms with E-state index in [1.54, 1.807) is 0 Å². The van der Waals surface area contributed by atoms with Gasteiger partial charge in [0.25, 0.3) is 0 Å². The van der Waals surface area contributed by atoms with Crippen LogP contribution in [0.15, 0.2) is 95.4 Å². The normalized spacial score (nSPS) is 11.9. The lowest BCUT2D eigenvalue weighted by molar-refractivity contribution is 0.502. The van der Waals surface area contributed by atoms with Gasteiger partial charge in [-0.1, -0.05) is 59.7 Å². The molecule has 0 spiro atoms. The van der Waals surface area contributed by atoms with Crippen molar-refractivity contribution in [2.45, 2.75) is 6.92 Å². The van der Waals surface area contributed by atoms with Crippen molar-refractivity contribution in [3.8, 4) is 11.7 Å². The molecule has 4 aromatic carbocycles. The van der Waals surface area contributed by atoms with Gasteiger partial charge in [-0.15, -0.1) is 5.10 Å². The van der Waals surface area contributed by atoms with Crippen LogP contribution in [-0.2, 0) is 0 Å². The zero-order valence-corrected chi connectivity index (χ0v) is 17.4. The second kappa shape index (κ2) is 6.31. The first kappa shape index (κ1) is 17.3. The van der Waals surface area contributed by atoms with Gasteiger partial charge in [0.1, 0.15) is 0 Å². The predicted molar refractivity (Wildman–Crippen MR) is 128 cm³/mol. The number of hydrogen-bond donors (Lipinski definition) is 0. The van der Waals surface area contributed by atoms with Crippen LogP contribution in [0.5, 0.6) is 0 Å². The Labute approximate surface area is 183 Å². The molecule has 5 nitrogen and oxygen atoms in total. The van der Waals surface area contributed by atoms with Crippen molar-refractivity contribution in [2.75, 3.05) is 0 Å². The number of aromatic nitrogens is 4. The maximum atomic E-state index is 5.85. The summed E-state index contributed by atoms with van der Waals surface area (Å²) < 4.78 is 10.3. The summed E-state index contributed by atoms with van der Waals surface area (Å²) in [6.45, 7) is 1.82. The van der Waals surface area contributed by atoms with Crippen molar-refractivity contribution >= 4 is 43.6 Å². The molecular weight excluding hydrogens is 396 g/mol. The quantitative estimate of drug-likeness (QED) is 0.321. The van der Waals surface area contributed by atoms with Crippen LogP contribution in [0.3, 0.4) is 0 Å². The summed E-state index contributed by atoms with van der Waals surface area (Å²) in [5.74, 6) is 0.549. The van der Waals surface area contributed by atoms with Gasteiger partial charge < -0.3 is 8.98 Å². The second-order valence-electron chi connectivity index (χ2n) is 8.03. The highest BCUT2D eigenvalue weighted by Crippen LogP contribution is 2.39. The Morgan fingerprint density at radius 3 is 1.75 bits per heavy atom. The zero-order chi connectivity index (χ0) is 21.2. The third-order valence-corrected chi connectivity index (χ3v) is 6.19. The van der Waals surface area contributed by atoms with E-state index < -0.39 is 0 Å². The SMILES string of the molecule is Cc1nnc(-n2c3ccccc3c3cc4c(cc32)c2ccccc2n4-c2ccccc2)o1. The van der Waals surface area contributed by atoms with E-state index in [-0.39, 0.29) is 0 Å². The molecule has 32 heavy (non-hydrogen) atoms. The number of para-hydroxylation sites is 3. The summed E-state index contributed by atoms with van der Waals surface area (Å²) in [7, 11) is 0. The molecule has 0 aliphatic heterocycles. The van der Waals surface area contributed by atoms with E-state index in [0.29, 0.717) is 11.9 Å². The molecule has 0 fully saturated rings. The third kappa shape index (κ3) is 2.28. The molecule has 7 rings (SSSR count). The Morgan fingerprint density at radius 1 is 0.562 bits per heavy atom. The van der Waals surface area contributed by atoms with Crippen molar-refractivity contribution in [3.63, 3.8) is 0 Å². The third-order valence-electron chi connectivity index (χ3n) is 6.19. The van der Waals surface area contributed by atoms with Crippen LogP contribution in [-0.4, -0.2) is 19.3 Å². The van der Waals surface area contributed by atoms with Crippen molar-refractivity contribution in [3.05, 3.63) is 96.9 Å². The zero-order valence-electron chi connectivity index (χ0n) is 17.4. The van der Waals surface area contributed by atoms with Crippen LogP contribution in [0.25, 0.3) is 55.3 Å². The fourth-order valence-corrected chi connectivity index (χ4v) is 4.87. The van der Waals surface area contributed by atoms with Crippen molar-refractivity contribution in [1.29, 1.82) is 0 Å². The summed E-state index contributed by atoms with van der Waals surface area (Å²) in [6, 6.07) is 32.5. The van der Waals surface area contributed by atoms with Gasteiger partial charge >= 0.3 is 6.01 Å². The molecule has 0 saturated heterocycles. The fourth-order valence-electron chi connectivity index (χ4n) is 4.87. The molecule has 5 heteroatoms. The Balaban J connectivity index is 1.70. The predicted octanol–water partition coefficient (Wildman–Crippen LogP) is 6.57. The first-order valence-corrected chi connectivity index (χ1v) is 10.6. The largest absolute Gasteiger partial charge is 0.408 e. The van der Waals surface area contributed by atoms with Crippen LogP contribution in [0, 0.1) is 6.92 Å². The van der Waals surface area contributed by atoms with Crippen molar-refractivity contribution in [1.82, 2.24) is 19.3 Å². The molecule has 0 radical (unpaired) electrons. The van der Waals surface area contributed by atoms with E-state index in [1.807, 2.05) is 13.0 Å². The molecule has 0 atom stereocenters. The van der Waals surface area contributed by atoms with Crippen molar-refractivity contribution in [2.24, 2.45) is 0 Å². The number of hydrogen-bond acceptors (Lipinski definition) is 3. The van der Waals surface area contributed by atoms with E-state index in [9.17, 15) is 0 Å². The molecule has 3 heterocycles. The van der Waals surface area contributed by atoms with Crippen LogP contribution in [0.4, 0.5) is 0 Å². The molecule has 152 valence electrons. The van der Waals surface area contributed by atoms with E-state index in [2.05, 4.69) is 104 Å². The number of rotatable bonds is 2. The van der Waals surface area contributed by atoms with Gasteiger partial charge in [0.15, 0.2) is 0 Å². The van der Waals surface area contributed by atoms with Crippen LogP contribution in [0.1, 0.15) is 5.89 Å². The molecule has 0 aliphatic rings. The average Bonchev–Trinajstić information content (AvgIpc) is 3.50. The monoisotopic (exact) mass is 414 g/mol. The van der Waals surface area contributed by atoms with Crippen LogP contribution < -0.4 is 0 Å². The summed E-state index contributed by atoms with van der Waals surface area (Å²) in [4.78, 5) is 0. The highest BCUT2D eigenvalue weighted by Gasteiger charge is 2.19. The van der Waals surface area contributed by atoms with Crippen LogP contribution >= 0.6 is 0 Å². The van der Waals surface area contributed by atoms with Crippen LogP contribution in [0.2, 0.25) is 0 Å². The Bertz CT molecular complexity index is 1790. The first-order chi connectivity index (χ1) is 15.8. The second-order valence-corrected chi connectivity index (χ2v) is 8.03. The first-order valence-electron chi connectivity index (χ1n) is 10.6. The minimum atomic E-state index is 0.486. The van der Waals surface area contributed by atoms with Gasteiger partial charge in [-0.3, -0.25) is 4.57 Å². The van der Waals surface area contributed by atoms with Gasteiger partial charge in [0.05, 0.1) is 22.1 Å². The molecule has 0 N–H and O–H groups in total. The Kier molecular flexibility index (Phi) is 3.41. The van der Waals surface area contributed by atoms with Gasteiger partial charge in [0, 0.05) is 34.2 Å². The molecule has 0 amide bonds. The highest BCUT2D eigenvalue weighted by molar-refractivity contribution is 6.18. The summed E-state index contributed by atoms with van der Waals surface area (Å²) >= 11 is 0. The summed E-state index contributed by atoms with van der Waals surface area (Å²) in [5, 5.41) is 13.1. The number of fused-ring (bicyclic) bond motifs is 6. The smallest absolute Gasteiger partial charge is 0.327 e. The number of aryl methyl sites for hydroxylation is 1. The highest BCUT2D eigenvalue weighted by atomic mass is 16.4. The molecule has 0 saturated carbocycles. The maximum absolute atomic E-state index is 5.85. The number of benzene rings is 4. The van der Waals surface area contributed by atoms with E-state index in [0.717, 1.165) is 27.5 Å². The standard InChI is InChI=1S/C27H18N4O/c1-17-28-29-27(32-17)31-24-14-8-6-12-20(24)22-15-25-21(16-26(22)31)19-11-5-7-13-23(19)30(25)18-9-3-2-4-10-18/h2-16H,1H3. The van der Waals surface area contributed by atoms with E-state index in [1.165, 1.54) is 21.8 Å². The molecule has 0 bridgehead atoms. The molecule has 7 aromatic rings.